The molecule has 0 spiro atoms. The molecule has 0 saturated carbocycles. The molecule has 88 valence electrons. The third-order valence-corrected chi connectivity index (χ3v) is 3.03. The van der Waals surface area contributed by atoms with Gasteiger partial charge >= 0.3 is 0 Å². The Morgan fingerprint density at radius 2 is 1.71 bits per heavy atom. The average Bonchev–Trinajstić information content (AvgIpc) is 2.29. The molecule has 0 aliphatic carbocycles. The van der Waals surface area contributed by atoms with Crippen LogP contribution in [0.1, 0.15) is 0 Å². The maximum atomic E-state index is 13.6. The molecule has 4 heteroatoms. The average molecular weight is 271 g/mol. The van der Waals surface area contributed by atoms with Crippen molar-refractivity contribution in [3.63, 3.8) is 0 Å². The van der Waals surface area contributed by atoms with Crippen molar-refractivity contribution in [2.45, 2.75) is 0 Å². The van der Waals surface area contributed by atoms with E-state index in [4.69, 9.17) is 27.9 Å². The molecule has 0 heterocycles. The van der Waals surface area contributed by atoms with Crippen molar-refractivity contribution >= 4 is 23.2 Å². The van der Waals surface area contributed by atoms with Crippen LogP contribution in [-0.2, 0) is 0 Å². The predicted molar refractivity (Wildman–Crippen MR) is 68.4 cm³/mol. The highest BCUT2D eigenvalue weighted by Crippen LogP contribution is 2.35. The van der Waals surface area contributed by atoms with E-state index in [9.17, 15) is 4.39 Å². The summed E-state index contributed by atoms with van der Waals surface area (Å²) in [5.74, 6) is -0.252. The molecule has 0 aromatic heterocycles. The van der Waals surface area contributed by atoms with Gasteiger partial charge in [0.15, 0.2) is 11.6 Å². The molecule has 0 atom stereocenters. The summed E-state index contributed by atoms with van der Waals surface area (Å²) in [7, 11) is 1.42. The molecule has 2 aromatic carbocycles. The van der Waals surface area contributed by atoms with Crippen LogP contribution in [0.2, 0.25) is 10.0 Å². The molecule has 0 fully saturated rings. The molecule has 0 amide bonds. The Labute approximate surface area is 109 Å². The van der Waals surface area contributed by atoms with Gasteiger partial charge in [-0.3, -0.25) is 0 Å². The summed E-state index contributed by atoms with van der Waals surface area (Å²) < 4.78 is 18.4. The Morgan fingerprint density at radius 1 is 1.06 bits per heavy atom. The van der Waals surface area contributed by atoms with Gasteiger partial charge in [0.2, 0.25) is 0 Å². The summed E-state index contributed by atoms with van der Waals surface area (Å²) in [5.41, 5.74) is 1.25. The number of methoxy groups -OCH3 is 1. The summed E-state index contributed by atoms with van der Waals surface area (Å²) in [6, 6.07) is 9.79. The molecule has 0 aliphatic heterocycles. The van der Waals surface area contributed by atoms with Gasteiger partial charge in [-0.1, -0.05) is 35.3 Å². The van der Waals surface area contributed by atoms with Gasteiger partial charge in [-0.15, -0.1) is 0 Å². The molecule has 2 rings (SSSR count). The summed E-state index contributed by atoms with van der Waals surface area (Å²) in [6.45, 7) is 0. The van der Waals surface area contributed by atoms with Crippen LogP contribution in [0.3, 0.4) is 0 Å². The number of hydrogen-bond donors (Lipinski definition) is 0. The van der Waals surface area contributed by atoms with Gasteiger partial charge in [0.05, 0.1) is 7.11 Å². The molecule has 17 heavy (non-hydrogen) atoms. The SMILES string of the molecule is COc1ccc(-c2c(Cl)cccc2Cl)cc1F. The van der Waals surface area contributed by atoms with Crippen LogP contribution in [0.15, 0.2) is 36.4 Å². The zero-order chi connectivity index (χ0) is 12.4. The Bertz CT molecular complexity index is 535. The van der Waals surface area contributed by atoms with Gasteiger partial charge in [-0.25, -0.2) is 4.39 Å². The van der Waals surface area contributed by atoms with Crippen LogP contribution in [0.25, 0.3) is 11.1 Å². The van der Waals surface area contributed by atoms with Gasteiger partial charge in [0, 0.05) is 15.6 Å². The minimum atomic E-state index is -0.444. The fourth-order valence-electron chi connectivity index (χ4n) is 1.60. The number of halogens is 3. The zero-order valence-corrected chi connectivity index (χ0v) is 10.5. The highest BCUT2D eigenvalue weighted by molar-refractivity contribution is 6.39. The standard InChI is InChI=1S/C13H9Cl2FO/c1-17-12-6-5-8(7-11(12)16)13-9(14)3-2-4-10(13)15/h2-7H,1H3. The number of rotatable bonds is 2. The van der Waals surface area contributed by atoms with Crippen LogP contribution in [0.4, 0.5) is 4.39 Å². The third kappa shape index (κ3) is 2.38. The third-order valence-electron chi connectivity index (χ3n) is 2.40. The first kappa shape index (κ1) is 12.2. The van der Waals surface area contributed by atoms with E-state index in [1.165, 1.54) is 13.2 Å². The van der Waals surface area contributed by atoms with Crippen LogP contribution in [-0.4, -0.2) is 7.11 Å². The Kier molecular flexibility index (Phi) is 3.55. The predicted octanol–water partition coefficient (Wildman–Crippen LogP) is 4.81. The fraction of sp³-hybridized carbons (Fsp3) is 0.0769. The molecular weight excluding hydrogens is 262 g/mol. The monoisotopic (exact) mass is 270 g/mol. The lowest BCUT2D eigenvalue weighted by atomic mass is 10.1. The van der Waals surface area contributed by atoms with Gasteiger partial charge in [-0.05, 0) is 29.8 Å². The molecule has 0 saturated heterocycles. The quantitative estimate of drug-likeness (QED) is 0.761. The molecule has 2 aromatic rings. The molecular formula is C13H9Cl2FO. The minimum Gasteiger partial charge on any atom is -0.494 e. The van der Waals surface area contributed by atoms with Crippen molar-refractivity contribution in [1.82, 2.24) is 0 Å². The first-order chi connectivity index (χ1) is 8.13. The minimum absolute atomic E-state index is 0.192. The van der Waals surface area contributed by atoms with Crippen molar-refractivity contribution in [1.29, 1.82) is 0 Å². The maximum Gasteiger partial charge on any atom is 0.165 e. The van der Waals surface area contributed by atoms with E-state index < -0.39 is 5.82 Å². The second-order valence-corrected chi connectivity index (χ2v) is 4.26. The van der Waals surface area contributed by atoms with Crippen molar-refractivity contribution in [2.75, 3.05) is 7.11 Å². The van der Waals surface area contributed by atoms with Gasteiger partial charge in [-0.2, -0.15) is 0 Å². The molecule has 0 radical (unpaired) electrons. The summed E-state index contributed by atoms with van der Waals surface area (Å²) in [6.07, 6.45) is 0. The number of ether oxygens (including phenoxy) is 1. The topological polar surface area (TPSA) is 9.23 Å². The number of hydrogen-bond acceptors (Lipinski definition) is 1. The Hall–Kier alpha value is -1.25. The van der Waals surface area contributed by atoms with E-state index in [0.717, 1.165) is 0 Å². The lowest BCUT2D eigenvalue weighted by molar-refractivity contribution is 0.386. The fourth-order valence-corrected chi connectivity index (χ4v) is 2.21. The van der Waals surface area contributed by atoms with Gasteiger partial charge < -0.3 is 4.74 Å². The van der Waals surface area contributed by atoms with Gasteiger partial charge in [0.1, 0.15) is 0 Å². The highest BCUT2D eigenvalue weighted by atomic mass is 35.5. The van der Waals surface area contributed by atoms with E-state index in [1.54, 1.807) is 30.3 Å². The van der Waals surface area contributed by atoms with E-state index in [-0.39, 0.29) is 5.75 Å². The van der Waals surface area contributed by atoms with Gasteiger partial charge in [0.25, 0.3) is 0 Å². The summed E-state index contributed by atoms with van der Waals surface area (Å²) in [5, 5.41) is 0.976. The van der Waals surface area contributed by atoms with Crippen LogP contribution in [0, 0.1) is 5.82 Å². The van der Waals surface area contributed by atoms with E-state index >= 15 is 0 Å². The summed E-state index contributed by atoms with van der Waals surface area (Å²) in [4.78, 5) is 0. The van der Waals surface area contributed by atoms with Crippen LogP contribution < -0.4 is 4.74 Å². The Morgan fingerprint density at radius 3 is 2.24 bits per heavy atom. The normalized spacial score (nSPS) is 10.4. The van der Waals surface area contributed by atoms with E-state index in [2.05, 4.69) is 0 Å². The molecule has 0 N–H and O–H groups in total. The first-order valence-electron chi connectivity index (χ1n) is 4.91. The number of benzene rings is 2. The first-order valence-corrected chi connectivity index (χ1v) is 5.67. The van der Waals surface area contributed by atoms with Crippen molar-refractivity contribution in [2.24, 2.45) is 0 Å². The smallest absolute Gasteiger partial charge is 0.165 e. The van der Waals surface area contributed by atoms with Crippen LogP contribution >= 0.6 is 23.2 Å². The molecule has 0 bridgehead atoms. The molecule has 1 nitrogen and oxygen atoms in total. The second-order valence-electron chi connectivity index (χ2n) is 3.45. The van der Waals surface area contributed by atoms with Crippen LogP contribution in [0.5, 0.6) is 5.75 Å². The van der Waals surface area contributed by atoms with E-state index in [1.807, 2.05) is 0 Å². The Balaban J connectivity index is 2.57. The highest BCUT2D eigenvalue weighted by Gasteiger charge is 2.11. The zero-order valence-electron chi connectivity index (χ0n) is 9.01. The van der Waals surface area contributed by atoms with Crippen molar-refractivity contribution in [3.05, 3.63) is 52.3 Å². The maximum absolute atomic E-state index is 13.6. The second kappa shape index (κ2) is 4.94. The lowest BCUT2D eigenvalue weighted by Gasteiger charge is -2.08. The molecule has 0 unspecified atom stereocenters. The van der Waals surface area contributed by atoms with Crippen molar-refractivity contribution in [3.8, 4) is 16.9 Å². The van der Waals surface area contributed by atoms with E-state index in [0.29, 0.717) is 21.2 Å². The van der Waals surface area contributed by atoms with Crippen molar-refractivity contribution < 1.29 is 9.13 Å². The largest absolute Gasteiger partial charge is 0.494 e. The summed E-state index contributed by atoms with van der Waals surface area (Å²) >= 11 is 12.1. The lowest BCUT2D eigenvalue weighted by Crippen LogP contribution is -1.89. The molecule has 0 aliphatic rings.